The average molecular weight is 210 g/mol. The minimum atomic E-state index is 0.613. The van der Waals surface area contributed by atoms with Gasteiger partial charge in [0.05, 0.1) is 0 Å². The van der Waals surface area contributed by atoms with Crippen molar-refractivity contribution >= 4 is 6.21 Å². The molecular formula is C13H26N2. The van der Waals surface area contributed by atoms with E-state index in [2.05, 4.69) is 43.6 Å². The highest BCUT2D eigenvalue weighted by Crippen LogP contribution is 2.14. The van der Waals surface area contributed by atoms with Gasteiger partial charge in [-0.1, -0.05) is 20.4 Å². The van der Waals surface area contributed by atoms with Gasteiger partial charge in [0.25, 0.3) is 0 Å². The fourth-order valence-corrected chi connectivity index (χ4v) is 1.63. The molecule has 0 aromatic carbocycles. The Bertz CT molecular complexity index is 197. The molecule has 0 aliphatic rings. The van der Waals surface area contributed by atoms with E-state index in [-0.39, 0.29) is 0 Å². The Labute approximate surface area is 95.1 Å². The lowest BCUT2D eigenvalue weighted by Gasteiger charge is -2.22. The summed E-state index contributed by atoms with van der Waals surface area (Å²) < 4.78 is 0. The lowest BCUT2D eigenvalue weighted by Crippen LogP contribution is -2.18. The summed E-state index contributed by atoms with van der Waals surface area (Å²) in [5.74, 6) is 0.613. The molecule has 0 saturated heterocycles. The molecule has 0 saturated carbocycles. The number of allylic oxidation sites excluding steroid dienone is 1. The van der Waals surface area contributed by atoms with E-state index in [0.717, 1.165) is 13.0 Å². The van der Waals surface area contributed by atoms with Crippen molar-refractivity contribution in [3.05, 3.63) is 12.3 Å². The lowest BCUT2D eigenvalue weighted by atomic mass is 10.0. The van der Waals surface area contributed by atoms with Crippen LogP contribution in [0, 0.1) is 5.92 Å². The zero-order chi connectivity index (χ0) is 11.7. The molecule has 1 atom stereocenters. The smallest absolute Gasteiger partial charge is 0.0273 e. The molecule has 0 radical (unpaired) electrons. The predicted molar refractivity (Wildman–Crippen MR) is 69.5 cm³/mol. The van der Waals surface area contributed by atoms with Crippen molar-refractivity contribution < 1.29 is 0 Å². The van der Waals surface area contributed by atoms with Gasteiger partial charge >= 0.3 is 0 Å². The molecule has 2 nitrogen and oxygen atoms in total. The van der Waals surface area contributed by atoms with Crippen LogP contribution in [-0.4, -0.2) is 31.8 Å². The molecule has 1 unspecified atom stereocenters. The van der Waals surface area contributed by atoms with Gasteiger partial charge < -0.3 is 9.89 Å². The first-order valence-electron chi connectivity index (χ1n) is 5.96. The van der Waals surface area contributed by atoms with Gasteiger partial charge in [-0.05, 0) is 31.6 Å². The molecule has 0 aromatic rings. The summed E-state index contributed by atoms with van der Waals surface area (Å²) >= 11 is 0. The first-order valence-corrected chi connectivity index (χ1v) is 5.96. The van der Waals surface area contributed by atoms with Crippen LogP contribution >= 0.6 is 0 Å². The summed E-state index contributed by atoms with van der Waals surface area (Å²) in [5.41, 5.74) is 1.25. The van der Waals surface area contributed by atoms with E-state index < -0.39 is 0 Å². The predicted octanol–water partition coefficient (Wildman–Crippen LogP) is 3.35. The van der Waals surface area contributed by atoms with E-state index in [1.807, 2.05) is 7.05 Å². The van der Waals surface area contributed by atoms with Crippen LogP contribution in [0.4, 0.5) is 0 Å². The third-order valence-corrected chi connectivity index (χ3v) is 2.79. The SMILES string of the molecule is C=C(CCC(C=NC)CC)N(C)CCC. The minimum Gasteiger partial charge on any atom is -0.378 e. The first kappa shape index (κ1) is 14.2. The van der Waals surface area contributed by atoms with E-state index >= 15 is 0 Å². The van der Waals surface area contributed by atoms with E-state index in [1.165, 1.54) is 25.0 Å². The van der Waals surface area contributed by atoms with E-state index in [9.17, 15) is 0 Å². The molecule has 88 valence electrons. The second kappa shape index (κ2) is 8.51. The molecule has 0 aliphatic carbocycles. The van der Waals surface area contributed by atoms with Gasteiger partial charge in [-0.3, -0.25) is 0 Å². The van der Waals surface area contributed by atoms with Crippen molar-refractivity contribution in [2.24, 2.45) is 10.9 Å². The van der Waals surface area contributed by atoms with Crippen LogP contribution in [0.3, 0.4) is 0 Å². The average Bonchev–Trinajstić information content (AvgIpc) is 2.24. The largest absolute Gasteiger partial charge is 0.378 e. The Balaban J connectivity index is 3.87. The van der Waals surface area contributed by atoms with Gasteiger partial charge in [-0.2, -0.15) is 0 Å². The van der Waals surface area contributed by atoms with Crippen molar-refractivity contribution in [2.45, 2.75) is 39.5 Å². The van der Waals surface area contributed by atoms with Crippen LogP contribution in [0.1, 0.15) is 39.5 Å². The van der Waals surface area contributed by atoms with Crippen molar-refractivity contribution in [2.75, 3.05) is 20.6 Å². The highest BCUT2D eigenvalue weighted by molar-refractivity contribution is 5.60. The first-order chi connectivity index (χ1) is 7.15. The normalized spacial score (nSPS) is 13.1. The van der Waals surface area contributed by atoms with Crippen LogP contribution in [0.15, 0.2) is 17.3 Å². The molecule has 2 heteroatoms. The second-order valence-corrected chi connectivity index (χ2v) is 4.10. The van der Waals surface area contributed by atoms with Crippen molar-refractivity contribution in [3.63, 3.8) is 0 Å². The van der Waals surface area contributed by atoms with E-state index in [4.69, 9.17) is 0 Å². The molecular weight excluding hydrogens is 184 g/mol. The molecule has 0 rings (SSSR count). The Morgan fingerprint density at radius 3 is 2.60 bits per heavy atom. The number of rotatable bonds is 8. The summed E-state index contributed by atoms with van der Waals surface area (Å²) in [7, 11) is 3.97. The van der Waals surface area contributed by atoms with Crippen LogP contribution in [-0.2, 0) is 0 Å². The van der Waals surface area contributed by atoms with Crippen LogP contribution in [0.25, 0.3) is 0 Å². The van der Waals surface area contributed by atoms with Crippen molar-refractivity contribution in [3.8, 4) is 0 Å². The van der Waals surface area contributed by atoms with Gasteiger partial charge in [0.1, 0.15) is 0 Å². The zero-order valence-corrected chi connectivity index (χ0v) is 10.8. The van der Waals surface area contributed by atoms with E-state index in [1.54, 1.807) is 0 Å². The monoisotopic (exact) mass is 210 g/mol. The van der Waals surface area contributed by atoms with Crippen molar-refractivity contribution in [1.29, 1.82) is 0 Å². The third-order valence-electron chi connectivity index (χ3n) is 2.79. The standard InChI is InChI=1S/C13H26N2/c1-6-10-15(5)12(3)8-9-13(7-2)11-14-4/h11,13H,3,6-10H2,1-2,4-5H3. The number of hydrogen-bond donors (Lipinski definition) is 0. The quantitative estimate of drug-likeness (QED) is 0.561. The summed E-state index contributed by atoms with van der Waals surface area (Å²) in [6, 6.07) is 0. The molecule has 15 heavy (non-hydrogen) atoms. The summed E-state index contributed by atoms with van der Waals surface area (Å²) in [6.07, 6.45) is 6.67. The van der Waals surface area contributed by atoms with Gasteiger partial charge in [0.15, 0.2) is 0 Å². The molecule has 0 spiro atoms. The molecule has 0 aromatic heterocycles. The summed E-state index contributed by atoms with van der Waals surface area (Å²) in [5, 5.41) is 0. The highest BCUT2D eigenvalue weighted by Gasteiger charge is 2.06. The highest BCUT2D eigenvalue weighted by atomic mass is 15.1. The molecule has 0 amide bonds. The lowest BCUT2D eigenvalue weighted by molar-refractivity contribution is 0.393. The maximum Gasteiger partial charge on any atom is 0.0273 e. The van der Waals surface area contributed by atoms with Gasteiger partial charge in [0, 0.05) is 32.6 Å². The topological polar surface area (TPSA) is 15.6 Å². The van der Waals surface area contributed by atoms with Gasteiger partial charge in [-0.25, -0.2) is 0 Å². The number of hydrogen-bond acceptors (Lipinski definition) is 2. The van der Waals surface area contributed by atoms with E-state index in [0.29, 0.717) is 5.92 Å². The molecule has 0 fully saturated rings. The Morgan fingerprint density at radius 2 is 2.13 bits per heavy atom. The second-order valence-electron chi connectivity index (χ2n) is 4.10. The Hall–Kier alpha value is -0.790. The zero-order valence-electron chi connectivity index (χ0n) is 10.8. The van der Waals surface area contributed by atoms with Gasteiger partial charge in [0.2, 0.25) is 0 Å². The summed E-state index contributed by atoms with van der Waals surface area (Å²) in [6.45, 7) is 9.64. The van der Waals surface area contributed by atoms with Crippen LogP contribution in [0.5, 0.6) is 0 Å². The molecule has 0 N–H and O–H groups in total. The summed E-state index contributed by atoms with van der Waals surface area (Å²) in [4.78, 5) is 6.36. The fourth-order valence-electron chi connectivity index (χ4n) is 1.63. The Kier molecular flexibility index (Phi) is 8.06. The maximum absolute atomic E-state index is 4.12. The van der Waals surface area contributed by atoms with Crippen molar-refractivity contribution in [1.82, 2.24) is 4.90 Å². The minimum absolute atomic E-state index is 0.613. The van der Waals surface area contributed by atoms with Crippen LogP contribution < -0.4 is 0 Å². The Morgan fingerprint density at radius 1 is 1.47 bits per heavy atom. The fraction of sp³-hybridized carbons (Fsp3) is 0.769. The maximum atomic E-state index is 4.12. The number of aliphatic imine (C=N–C) groups is 1. The third kappa shape index (κ3) is 6.32. The van der Waals surface area contributed by atoms with Crippen LogP contribution in [0.2, 0.25) is 0 Å². The molecule has 0 aliphatic heterocycles. The van der Waals surface area contributed by atoms with Gasteiger partial charge in [-0.15, -0.1) is 0 Å². The number of nitrogens with zero attached hydrogens (tertiary/aromatic N) is 2. The molecule has 0 bridgehead atoms. The molecule has 0 heterocycles.